The Balaban J connectivity index is 1.46. The van der Waals surface area contributed by atoms with Crippen molar-refractivity contribution >= 4 is 22.9 Å². The van der Waals surface area contributed by atoms with E-state index in [2.05, 4.69) is 25.3 Å². The third-order valence-electron chi connectivity index (χ3n) is 3.45. The minimum Gasteiger partial charge on any atom is -0.492 e. The van der Waals surface area contributed by atoms with Gasteiger partial charge in [0, 0.05) is 7.05 Å². The third kappa shape index (κ3) is 4.19. The first-order valence-electron chi connectivity index (χ1n) is 7.64. The van der Waals surface area contributed by atoms with E-state index in [1.807, 2.05) is 0 Å². The summed E-state index contributed by atoms with van der Waals surface area (Å²) in [5.41, 5.74) is 1.22. The van der Waals surface area contributed by atoms with Crippen molar-refractivity contribution in [3.05, 3.63) is 42.7 Å². The lowest BCUT2D eigenvalue weighted by Gasteiger charge is -2.17. The van der Waals surface area contributed by atoms with E-state index in [0.717, 1.165) is 0 Å². The van der Waals surface area contributed by atoms with E-state index in [1.165, 1.54) is 36.9 Å². The van der Waals surface area contributed by atoms with Crippen LogP contribution in [0, 0.1) is 5.82 Å². The minimum absolute atomic E-state index is 0.127. The summed E-state index contributed by atoms with van der Waals surface area (Å²) >= 11 is 0. The van der Waals surface area contributed by atoms with E-state index in [0.29, 0.717) is 35.9 Å². The van der Waals surface area contributed by atoms with Crippen LogP contribution in [0.1, 0.15) is 0 Å². The molecule has 25 heavy (non-hydrogen) atoms. The minimum atomic E-state index is -0.320. The summed E-state index contributed by atoms with van der Waals surface area (Å²) in [5.74, 6) is 0.659. The van der Waals surface area contributed by atoms with Crippen molar-refractivity contribution in [2.75, 3.05) is 31.6 Å². The molecule has 2 heterocycles. The normalized spacial score (nSPS) is 10.6. The van der Waals surface area contributed by atoms with Gasteiger partial charge < -0.3 is 19.9 Å². The topological polar surface area (TPSA) is 96.0 Å². The van der Waals surface area contributed by atoms with Crippen LogP contribution in [0.3, 0.4) is 0 Å². The maximum absolute atomic E-state index is 12.8. The highest BCUT2D eigenvalue weighted by Gasteiger charge is 2.13. The molecule has 3 rings (SSSR count). The molecule has 1 aromatic carbocycles. The van der Waals surface area contributed by atoms with Gasteiger partial charge >= 0.3 is 0 Å². The van der Waals surface area contributed by atoms with Crippen molar-refractivity contribution < 1.29 is 13.9 Å². The van der Waals surface area contributed by atoms with Crippen molar-refractivity contribution in [3.8, 4) is 5.75 Å². The first kappa shape index (κ1) is 16.6. The van der Waals surface area contributed by atoms with Crippen LogP contribution in [-0.2, 0) is 4.79 Å². The molecule has 0 bridgehead atoms. The molecule has 8 nitrogen and oxygen atoms in total. The van der Waals surface area contributed by atoms with Gasteiger partial charge in [-0.3, -0.25) is 4.79 Å². The fourth-order valence-corrected chi connectivity index (χ4v) is 2.28. The number of aromatic amines is 1. The number of likely N-dealkylation sites (N-methyl/N-ethyl adjacent to an activating group) is 1. The summed E-state index contributed by atoms with van der Waals surface area (Å²) in [4.78, 5) is 29.0. The Hall–Kier alpha value is -3.23. The third-order valence-corrected chi connectivity index (χ3v) is 3.45. The van der Waals surface area contributed by atoms with Gasteiger partial charge in [0.15, 0.2) is 11.5 Å². The van der Waals surface area contributed by atoms with Crippen LogP contribution in [0.2, 0.25) is 0 Å². The molecule has 0 saturated heterocycles. The van der Waals surface area contributed by atoms with Crippen LogP contribution >= 0.6 is 0 Å². The predicted octanol–water partition coefficient (Wildman–Crippen LogP) is 1.12. The Labute approximate surface area is 143 Å². The number of benzene rings is 1. The highest BCUT2D eigenvalue weighted by atomic mass is 19.1. The molecule has 3 aromatic rings. The standard InChI is InChI=1S/C16H17FN6O2/c1-23(16-14-15(20-9-19-14)21-10-22-16)8-13(24)18-6-7-25-12-4-2-11(17)3-5-12/h2-5,9-10H,6-8H2,1H3,(H,18,24)(H,19,20,21,22). The number of nitrogens with one attached hydrogen (secondary N) is 2. The molecule has 0 atom stereocenters. The number of rotatable bonds is 7. The molecule has 0 unspecified atom stereocenters. The molecular formula is C16H17FN6O2. The van der Waals surface area contributed by atoms with Gasteiger partial charge in [-0.25, -0.2) is 19.3 Å². The Kier molecular flexibility index (Phi) is 5.03. The first-order chi connectivity index (χ1) is 12.1. The van der Waals surface area contributed by atoms with Crippen molar-refractivity contribution in [1.29, 1.82) is 0 Å². The number of anilines is 1. The summed E-state index contributed by atoms with van der Waals surface area (Å²) in [7, 11) is 1.76. The van der Waals surface area contributed by atoms with Gasteiger partial charge in [0.05, 0.1) is 19.4 Å². The number of imidazole rings is 1. The number of nitrogens with zero attached hydrogens (tertiary/aromatic N) is 4. The zero-order valence-electron chi connectivity index (χ0n) is 13.6. The smallest absolute Gasteiger partial charge is 0.239 e. The van der Waals surface area contributed by atoms with Crippen LogP contribution < -0.4 is 15.0 Å². The average Bonchev–Trinajstić information content (AvgIpc) is 3.09. The highest BCUT2D eigenvalue weighted by Crippen LogP contribution is 2.17. The van der Waals surface area contributed by atoms with E-state index >= 15 is 0 Å². The van der Waals surface area contributed by atoms with E-state index in [-0.39, 0.29) is 18.3 Å². The Morgan fingerprint density at radius 3 is 2.88 bits per heavy atom. The number of hydrogen-bond donors (Lipinski definition) is 2. The number of carbonyl (C=O) groups excluding carboxylic acids is 1. The molecule has 0 aliphatic carbocycles. The fourth-order valence-electron chi connectivity index (χ4n) is 2.28. The maximum Gasteiger partial charge on any atom is 0.239 e. The summed E-state index contributed by atoms with van der Waals surface area (Å²) in [6, 6.07) is 5.72. The van der Waals surface area contributed by atoms with E-state index in [4.69, 9.17) is 4.74 Å². The monoisotopic (exact) mass is 344 g/mol. The average molecular weight is 344 g/mol. The lowest BCUT2D eigenvalue weighted by atomic mass is 10.3. The predicted molar refractivity (Wildman–Crippen MR) is 89.9 cm³/mol. The number of carbonyl (C=O) groups is 1. The van der Waals surface area contributed by atoms with Crippen molar-refractivity contribution in [3.63, 3.8) is 0 Å². The SMILES string of the molecule is CN(CC(=O)NCCOc1ccc(F)cc1)c1ncnc2nc[nH]c12. The molecule has 0 aliphatic rings. The Bertz CT molecular complexity index is 851. The number of aromatic nitrogens is 4. The molecular weight excluding hydrogens is 327 g/mol. The lowest BCUT2D eigenvalue weighted by Crippen LogP contribution is -2.37. The van der Waals surface area contributed by atoms with Gasteiger partial charge in [0.1, 0.15) is 30.0 Å². The van der Waals surface area contributed by atoms with Gasteiger partial charge in [-0.05, 0) is 24.3 Å². The second-order valence-electron chi connectivity index (χ2n) is 5.31. The molecule has 130 valence electrons. The largest absolute Gasteiger partial charge is 0.492 e. The number of halogens is 1. The van der Waals surface area contributed by atoms with Crippen LogP contribution in [0.15, 0.2) is 36.9 Å². The maximum atomic E-state index is 12.8. The van der Waals surface area contributed by atoms with Crippen molar-refractivity contribution in [2.45, 2.75) is 0 Å². The van der Waals surface area contributed by atoms with E-state index in [1.54, 1.807) is 11.9 Å². The number of amides is 1. The van der Waals surface area contributed by atoms with Gasteiger partial charge in [0.25, 0.3) is 0 Å². The van der Waals surface area contributed by atoms with Crippen LogP contribution in [0.4, 0.5) is 10.2 Å². The lowest BCUT2D eigenvalue weighted by molar-refractivity contribution is -0.119. The number of H-pyrrole nitrogens is 1. The first-order valence-corrected chi connectivity index (χ1v) is 7.64. The molecule has 0 spiro atoms. The molecule has 0 aliphatic heterocycles. The zero-order chi connectivity index (χ0) is 17.6. The van der Waals surface area contributed by atoms with Crippen molar-refractivity contribution in [2.24, 2.45) is 0 Å². The van der Waals surface area contributed by atoms with Gasteiger partial charge in [-0.15, -0.1) is 0 Å². The number of ether oxygens (including phenoxy) is 1. The Morgan fingerprint density at radius 2 is 2.08 bits per heavy atom. The summed E-state index contributed by atoms with van der Waals surface area (Å²) in [6.45, 7) is 0.758. The van der Waals surface area contributed by atoms with Gasteiger partial charge in [0.2, 0.25) is 5.91 Å². The zero-order valence-corrected chi connectivity index (χ0v) is 13.6. The quantitative estimate of drug-likeness (QED) is 0.624. The molecule has 0 saturated carbocycles. The molecule has 2 aromatic heterocycles. The van der Waals surface area contributed by atoms with Crippen molar-refractivity contribution in [1.82, 2.24) is 25.3 Å². The summed E-state index contributed by atoms with van der Waals surface area (Å²) < 4.78 is 18.2. The fraction of sp³-hybridized carbons (Fsp3) is 0.250. The summed E-state index contributed by atoms with van der Waals surface area (Å²) in [6.07, 6.45) is 2.94. The molecule has 9 heteroatoms. The van der Waals surface area contributed by atoms with Gasteiger partial charge in [-0.2, -0.15) is 0 Å². The van der Waals surface area contributed by atoms with Crippen LogP contribution in [-0.4, -0.2) is 52.6 Å². The Morgan fingerprint density at radius 1 is 1.28 bits per heavy atom. The van der Waals surface area contributed by atoms with Crippen LogP contribution in [0.5, 0.6) is 5.75 Å². The van der Waals surface area contributed by atoms with Crippen LogP contribution in [0.25, 0.3) is 11.2 Å². The van der Waals surface area contributed by atoms with E-state index < -0.39 is 0 Å². The highest BCUT2D eigenvalue weighted by molar-refractivity contribution is 5.86. The molecule has 0 radical (unpaired) electrons. The molecule has 2 N–H and O–H groups in total. The second kappa shape index (κ2) is 7.56. The molecule has 1 amide bonds. The van der Waals surface area contributed by atoms with Gasteiger partial charge in [-0.1, -0.05) is 0 Å². The number of fused-ring (bicyclic) bond motifs is 1. The summed E-state index contributed by atoms with van der Waals surface area (Å²) in [5, 5.41) is 2.76. The molecule has 0 fully saturated rings. The van der Waals surface area contributed by atoms with E-state index in [9.17, 15) is 9.18 Å². The second-order valence-corrected chi connectivity index (χ2v) is 5.31. The number of hydrogen-bond acceptors (Lipinski definition) is 6.